The van der Waals surface area contributed by atoms with Gasteiger partial charge in [0.1, 0.15) is 5.00 Å². The summed E-state index contributed by atoms with van der Waals surface area (Å²) >= 11 is 1.30. The van der Waals surface area contributed by atoms with E-state index >= 15 is 0 Å². The van der Waals surface area contributed by atoms with Crippen molar-refractivity contribution in [1.29, 1.82) is 0 Å². The fraction of sp³-hybridized carbons (Fsp3) is 0.211. The first-order valence-electron chi connectivity index (χ1n) is 8.08. The third-order valence-corrected chi connectivity index (χ3v) is 4.76. The van der Waals surface area contributed by atoms with E-state index in [4.69, 9.17) is 5.11 Å². The van der Waals surface area contributed by atoms with Crippen molar-refractivity contribution in [3.05, 3.63) is 64.1 Å². The predicted octanol–water partition coefficient (Wildman–Crippen LogP) is 3.13. The lowest BCUT2D eigenvalue weighted by Gasteiger charge is -2.09. The molecule has 1 aromatic carbocycles. The van der Waals surface area contributed by atoms with Crippen LogP contribution in [0.2, 0.25) is 0 Å². The van der Waals surface area contributed by atoms with Crippen LogP contribution in [0.5, 0.6) is 0 Å². The third-order valence-electron chi connectivity index (χ3n) is 3.70. The number of aryl methyl sites for hydroxylation is 1. The number of carboxylic acid groups (broad SMARTS) is 1. The van der Waals surface area contributed by atoms with Crippen LogP contribution in [0.15, 0.2) is 42.5 Å². The second-order valence-corrected chi connectivity index (χ2v) is 6.75. The summed E-state index contributed by atoms with van der Waals surface area (Å²) in [6, 6.07) is 9.53. The van der Waals surface area contributed by atoms with Crippen molar-refractivity contribution >= 4 is 34.1 Å². The zero-order chi connectivity index (χ0) is 19.1. The maximum absolute atomic E-state index is 12.7. The molecule has 0 spiro atoms. The molecule has 0 fully saturated rings. The van der Waals surface area contributed by atoms with Gasteiger partial charge in [-0.05, 0) is 24.5 Å². The quantitative estimate of drug-likeness (QED) is 0.651. The molecule has 0 saturated carbocycles. The highest BCUT2D eigenvalue weighted by Gasteiger charge is 2.21. The summed E-state index contributed by atoms with van der Waals surface area (Å²) in [5, 5.41) is 14.5. The van der Waals surface area contributed by atoms with Crippen molar-refractivity contribution in [3.8, 4) is 0 Å². The van der Waals surface area contributed by atoms with E-state index in [1.807, 2.05) is 44.2 Å². The number of nitrogens with one attached hydrogen (secondary N) is 2. The second-order valence-electron chi connectivity index (χ2n) is 5.52. The molecule has 1 heterocycles. The number of amides is 2. The summed E-state index contributed by atoms with van der Waals surface area (Å²) in [5.41, 5.74) is 2.28. The van der Waals surface area contributed by atoms with Crippen molar-refractivity contribution in [1.82, 2.24) is 5.32 Å². The molecule has 2 aromatic rings. The van der Waals surface area contributed by atoms with Gasteiger partial charge >= 0.3 is 5.97 Å². The number of anilines is 1. The predicted molar refractivity (Wildman–Crippen MR) is 101 cm³/mol. The summed E-state index contributed by atoms with van der Waals surface area (Å²) in [6.45, 7) is 4.21. The average Bonchev–Trinajstić information content (AvgIpc) is 2.93. The average molecular weight is 372 g/mol. The molecule has 2 amide bonds. The molecule has 1 aromatic heterocycles. The molecule has 0 aliphatic rings. The number of thiophene rings is 1. The van der Waals surface area contributed by atoms with Gasteiger partial charge in [0, 0.05) is 23.6 Å². The van der Waals surface area contributed by atoms with E-state index in [0.717, 1.165) is 28.2 Å². The van der Waals surface area contributed by atoms with Gasteiger partial charge in [-0.25, -0.2) is 4.79 Å². The highest BCUT2D eigenvalue weighted by atomic mass is 32.1. The lowest BCUT2D eigenvalue weighted by Crippen LogP contribution is -2.25. The molecule has 3 N–H and O–H groups in total. The van der Waals surface area contributed by atoms with Gasteiger partial charge in [0.2, 0.25) is 5.91 Å². The van der Waals surface area contributed by atoms with Gasteiger partial charge in [-0.15, -0.1) is 11.3 Å². The number of carbonyl (C=O) groups is 3. The number of hydrogen-bond donors (Lipinski definition) is 3. The first-order valence-corrected chi connectivity index (χ1v) is 8.90. The van der Waals surface area contributed by atoms with Gasteiger partial charge in [-0.2, -0.15) is 0 Å². The summed E-state index contributed by atoms with van der Waals surface area (Å²) in [5.74, 6) is -2.07. The smallest absolute Gasteiger partial charge is 0.328 e. The topological polar surface area (TPSA) is 95.5 Å². The van der Waals surface area contributed by atoms with E-state index in [0.29, 0.717) is 23.5 Å². The highest BCUT2D eigenvalue weighted by molar-refractivity contribution is 7.16. The van der Waals surface area contributed by atoms with Gasteiger partial charge in [-0.1, -0.05) is 37.3 Å². The normalized spacial score (nSPS) is 10.7. The van der Waals surface area contributed by atoms with E-state index in [1.165, 1.54) is 11.3 Å². The van der Waals surface area contributed by atoms with Crippen LogP contribution in [0, 0.1) is 6.92 Å². The Bertz CT molecular complexity index is 841. The number of carbonyl (C=O) groups excluding carboxylic acids is 2. The standard InChI is InChI=1S/C19H20N2O4S/c1-3-14-12(2)26-19(21-15(22)9-10-16(23)24)17(14)18(25)20-11-13-7-5-4-6-8-13/h4-10H,3,11H2,1-2H3,(H,20,25)(H,21,22)(H,23,24)/b10-9+. The van der Waals surface area contributed by atoms with Crippen molar-refractivity contribution in [3.63, 3.8) is 0 Å². The fourth-order valence-corrected chi connectivity index (χ4v) is 3.65. The summed E-state index contributed by atoms with van der Waals surface area (Å²) in [4.78, 5) is 36.1. The van der Waals surface area contributed by atoms with Crippen LogP contribution in [0.25, 0.3) is 0 Å². The zero-order valence-electron chi connectivity index (χ0n) is 14.5. The number of aliphatic carboxylic acids is 1. The minimum absolute atomic E-state index is 0.271. The van der Waals surface area contributed by atoms with Crippen LogP contribution < -0.4 is 10.6 Å². The van der Waals surface area contributed by atoms with Crippen molar-refractivity contribution in [2.75, 3.05) is 5.32 Å². The van der Waals surface area contributed by atoms with Gasteiger partial charge in [0.15, 0.2) is 0 Å². The largest absolute Gasteiger partial charge is 0.478 e. The van der Waals surface area contributed by atoms with Crippen molar-refractivity contribution < 1.29 is 19.5 Å². The lowest BCUT2D eigenvalue weighted by atomic mass is 10.1. The SMILES string of the molecule is CCc1c(C)sc(NC(=O)/C=C/C(=O)O)c1C(=O)NCc1ccccc1. The molecule has 0 unspecified atom stereocenters. The van der Waals surface area contributed by atoms with Crippen LogP contribution in [-0.2, 0) is 22.6 Å². The Kier molecular flexibility index (Phi) is 6.68. The Balaban J connectivity index is 2.21. The van der Waals surface area contributed by atoms with Crippen LogP contribution in [-0.4, -0.2) is 22.9 Å². The molecule has 6 nitrogen and oxygen atoms in total. The van der Waals surface area contributed by atoms with E-state index in [9.17, 15) is 14.4 Å². The Labute approximate surface area is 155 Å². The molecular formula is C19H20N2O4S. The molecule has 7 heteroatoms. The number of carboxylic acids is 1. The van der Waals surface area contributed by atoms with E-state index in [2.05, 4.69) is 10.6 Å². The first kappa shape index (κ1) is 19.4. The van der Waals surface area contributed by atoms with Crippen LogP contribution in [0.3, 0.4) is 0 Å². The van der Waals surface area contributed by atoms with Crippen LogP contribution >= 0.6 is 11.3 Å². The second kappa shape index (κ2) is 8.96. The Hall–Kier alpha value is -2.93. The fourth-order valence-electron chi connectivity index (χ4n) is 2.50. The van der Waals surface area contributed by atoms with Gasteiger partial charge in [-0.3, -0.25) is 9.59 Å². The minimum atomic E-state index is -1.21. The van der Waals surface area contributed by atoms with Gasteiger partial charge < -0.3 is 15.7 Å². The van der Waals surface area contributed by atoms with Gasteiger partial charge in [0.05, 0.1) is 5.56 Å². The highest BCUT2D eigenvalue weighted by Crippen LogP contribution is 2.33. The van der Waals surface area contributed by atoms with Crippen LogP contribution in [0.4, 0.5) is 5.00 Å². The van der Waals surface area contributed by atoms with Crippen molar-refractivity contribution in [2.45, 2.75) is 26.8 Å². The van der Waals surface area contributed by atoms with E-state index < -0.39 is 11.9 Å². The summed E-state index contributed by atoms with van der Waals surface area (Å²) in [7, 11) is 0. The molecule has 0 radical (unpaired) electrons. The molecule has 0 atom stereocenters. The summed E-state index contributed by atoms with van der Waals surface area (Å²) in [6.07, 6.45) is 2.33. The lowest BCUT2D eigenvalue weighted by molar-refractivity contribution is -0.131. The molecule has 0 aliphatic carbocycles. The van der Waals surface area contributed by atoms with E-state index in [-0.39, 0.29) is 5.91 Å². The molecule has 0 saturated heterocycles. The number of benzene rings is 1. The Morgan fingerprint density at radius 2 is 1.85 bits per heavy atom. The molecular weight excluding hydrogens is 352 g/mol. The Morgan fingerprint density at radius 3 is 2.46 bits per heavy atom. The molecule has 0 aliphatic heterocycles. The Morgan fingerprint density at radius 1 is 1.15 bits per heavy atom. The molecule has 136 valence electrons. The summed E-state index contributed by atoms with van der Waals surface area (Å²) < 4.78 is 0. The molecule has 2 rings (SSSR count). The minimum Gasteiger partial charge on any atom is -0.478 e. The number of rotatable bonds is 7. The third kappa shape index (κ3) is 5.03. The van der Waals surface area contributed by atoms with Crippen LogP contribution in [0.1, 0.15) is 33.3 Å². The monoisotopic (exact) mass is 372 g/mol. The molecule has 26 heavy (non-hydrogen) atoms. The first-order chi connectivity index (χ1) is 12.4. The zero-order valence-corrected chi connectivity index (χ0v) is 15.4. The van der Waals surface area contributed by atoms with Crippen molar-refractivity contribution in [2.24, 2.45) is 0 Å². The maximum atomic E-state index is 12.7. The maximum Gasteiger partial charge on any atom is 0.328 e. The number of hydrogen-bond acceptors (Lipinski definition) is 4. The van der Waals surface area contributed by atoms with E-state index in [1.54, 1.807) is 0 Å². The molecule has 0 bridgehead atoms. The van der Waals surface area contributed by atoms with Gasteiger partial charge in [0.25, 0.3) is 5.91 Å².